The predicted molar refractivity (Wildman–Crippen MR) is 78.2 cm³/mol. The van der Waals surface area contributed by atoms with Crippen LogP contribution >= 0.6 is 0 Å². The third kappa shape index (κ3) is 2.66. The Morgan fingerprint density at radius 2 is 2.14 bits per heavy atom. The lowest BCUT2D eigenvalue weighted by Crippen LogP contribution is -2.49. The number of hydrogen-bond donors (Lipinski definition) is 1. The number of carbonyl (C=O) groups excluding carboxylic acids is 1. The Balaban J connectivity index is 1.77. The van der Waals surface area contributed by atoms with Crippen molar-refractivity contribution in [2.45, 2.75) is 6.92 Å². The van der Waals surface area contributed by atoms with E-state index in [1.165, 1.54) is 0 Å². The van der Waals surface area contributed by atoms with Crippen molar-refractivity contribution in [1.29, 1.82) is 0 Å². The Kier molecular flexibility index (Phi) is 3.70. The molecule has 0 radical (unpaired) electrons. The van der Waals surface area contributed by atoms with Crippen LogP contribution in [0.3, 0.4) is 0 Å². The van der Waals surface area contributed by atoms with Crippen LogP contribution < -0.4 is 10.2 Å². The van der Waals surface area contributed by atoms with Crippen LogP contribution in [-0.4, -0.2) is 70.2 Å². The molecule has 112 valence electrons. The number of rotatable bonds is 3. The largest absolute Gasteiger partial charge is 0.347 e. The molecule has 1 amide bonds. The highest BCUT2D eigenvalue weighted by molar-refractivity contribution is 5.82. The zero-order valence-electron chi connectivity index (χ0n) is 12.3. The minimum absolute atomic E-state index is 0.110. The summed E-state index contributed by atoms with van der Waals surface area (Å²) in [6.07, 6.45) is 3.52. The fraction of sp³-hybridized carbons (Fsp3) is 0.538. The van der Waals surface area contributed by atoms with Crippen LogP contribution in [0.1, 0.15) is 5.82 Å². The number of nitrogens with zero attached hydrogens (tertiary/aromatic N) is 6. The molecule has 1 aliphatic rings. The molecule has 21 heavy (non-hydrogen) atoms. The zero-order chi connectivity index (χ0) is 14.8. The van der Waals surface area contributed by atoms with Crippen LogP contribution in [0.25, 0.3) is 5.65 Å². The molecule has 2 aromatic rings. The van der Waals surface area contributed by atoms with E-state index < -0.39 is 0 Å². The van der Waals surface area contributed by atoms with Gasteiger partial charge in [-0.1, -0.05) is 0 Å². The zero-order valence-corrected chi connectivity index (χ0v) is 12.3. The first kappa shape index (κ1) is 13.7. The number of anilines is 1. The first-order valence-corrected chi connectivity index (χ1v) is 7.03. The lowest BCUT2D eigenvalue weighted by Gasteiger charge is -2.29. The average molecular weight is 289 g/mol. The van der Waals surface area contributed by atoms with Crippen LogP contribution in [0.15, 0.2) is 12.4 Å². The lowest BCUT2D eigenvalue weighted by molar-refractivity contribution is -0.130. The van der Waals surface area contributed by atoms with E-state index >= 15 is 0 Å². The van der Waals surface area contributed by atoms with Crippen molar-refractivity contribution in [3.05, 3.63) is 18.2 Å². The minimum atomic E-state index is 0.110. The molecule has 0 aliphatic carbocycles. The third-order valence-electron chi connectivity index (χ3n) is 3.68. The molecule has 3 rings (SSSR count). The van der Waals surface area contributed by atoms with E-state index in [0.717, 1.165) is 32.0 Å². The Hall–Kier alpha value is -2.22. The quantitative estimate of drug-likeness (QED) is 0.805. The molecule has 0 atom stereocenters. The molecule has 0 aromatic carbocycles. The highest BCUT2D eigenvalue weighted by atomic mass is 16.2. The van der Waals surface area contributed by atoms with Crippen molar-refractivity contribution in [2.75, 3.05) is 44.7 Å². The summed E-state index contributed by atoms with van der Waals surface area (Å²) in [5, 5.41) is 11.4. The molecule has 0 bridgehead atoms. The van der Waals surface area contributed by atoms with Crippen molar-refractivity contribution in [1.82, 2.24) is 29.8 Å². The number of fused-ring (bicyclic) bond motifs is 1. The molecule has 0 spiro atoms. The van der Waals surface area contributed by atoms with Crippen molar-refractivity contribution in [2.24, 2.45) is 0 Å². The molecule has 1 aliphatic heterocycles. The standard InChI is InChI=1S/C13H19N7O/c1-10-16-17-13-12(15-5-8-20(10)13)18(2)9-11(21)19-6-3-14-4-7-19/h5,8,14H,3-4,6-7,9H2,1-2H3. The third-order valence-corrected chi connectivity index (χ3v) is 3.68. The molecule has 1 saturated heterocycles. The van der Waals surface area contributed by atoms with Crippen LogP contribution in [0.5, 0.6) is 0 Å². The maximum Gasteiger partial charge on any atom is 0.242 e. The van der Waals surface area contributed by atoms with Gasteiger partial charge in [0, 0.05) is 45.6 Å². The summed E-state index contributed by atoms with van der Waals surface area (Å²) in [4.78, 5) is 20.4. The highest BCUT2D eigenvalue weighted by Gasteiger charge is 2.20. The van der Waals surface area contributed by atoms with Crippen molar-refractivity contribution < 1.29 is 4.79 Å². The number of carbonyl (C=O) groups is 1. The van der Waals surface area contributed by atoms with Crippen LogP contribution in [0.4, 0.5) is 5.82 Å². The van der Waals surface area contributed by atoms with Gasteiger partial charge in [0.25, 0.3) is 0 Å². The first-order valence-electron chi connectivity index (χ1n) is 7.03. The van der Waals surface area contributed by atoms with E-state index in [0.29, 0.717) is 18.0 Å². The summed E-state index contributed by atoms with van der Waals surface area (Å²) in [6.45, 7) is 5.40. The Morgan fingerprint density at radius 3 is 2.90 bits per heavy atom. The SMILES string of the molecule is Cc1nnc2c(N(C)CC(=O)N3CCNCC3)nccn12. The number of hydrogen-bond acceptors (Lipinski definition) is 6. The van der Waals surface area contributed by atoms with E-state index in [2.05, 4.69) is 20.5 Å². The van der Waals surface area contributed by atoms with Gasteiger partial charge in [-0.2, -0.15) is 0 Å². The van der Waals surface area contributed by atoms with E-state index in [1.807, 2.05) is 34.4 Å². The number of aromatic nitrogens is 4. The molecule has 2 aromatic heterocycles. The Bertz CT molecular complexity index is 647. The van der Waals surface area contributed by atoms with E-state index in [-0.39, 0.29) is 5.91 Å². The van der Waals surface area contributed by atoms with Gasteiger partial charge < -0.3 is 15.1 Å². The van der Waals surface area contributed by atoms with Crippen LogP contribution in [0.2, 0.25) is 0 Å². The molecule has 8 nitrogen and oxygen atoms in total. The van der Waals surface area contributed by atoms with E-state index in [9.17, 15) is 4.79 Å². The van der Waals surface area contributed by atoms with Gasteiger partial charge in [-0.25, -0.2) is 4.98 Å². The van der Waals surface area contributed by atoms with Gasteiger partial charge in [-0.15, -0.1) is 10.2 Å². The van der Waals surface area contributed by atoms with Crippen molar-refractivity contribution in [3.63, 3.8) is 0 Å². The van der Waals surface area contributed by atoms with Crippen LogP contribution in [0, 0.1) is 6.92 Å². The van der Waals surface area contributed by atoms with Gasteiger partial charge in [0.1, 0.15) is 5.82 Å². The topological polar surface area (TPSA) is 78.7 Å². The highest BCUT2D eigenvalue weighted by Crippen LogP contribution is 2.16. The summed E-state index contributed by atoms with van der Waals surface area (Å²) >= 11 is 0. The van der Waals surface area contributed by atoms with Gasteiger partial charge in [-0.3, -0.25) is 9.20 Å². The molecule has 3 heterocycles. The fourth-order valence-corrected chi connectivity index (χ4v) is 2.49. The van der Waals surface area contributed by atoms with E-state index in [1.54, 1.807) is 6.20 Å². The van der Waals surface area contributed by atoms with Crippen molar-refractivity contribution >= 4 is 17.4 Å². The summed E-state index contributed by atoms with van der Waals surface area (Å²) in [5.74, 6) is 1.58. The maximum absolute atomic E-state index is 12.3. The smallest absolute Gasteiger partial charge is 0.242 e. The van der Waals surface area contributed by atoms with Gasteiger partial charge in [-0.05, 0) is 6.92 Å². The molecular weight excluding hydrogens is 270 g/mol. The Labute approximate surface area is 122 Å². The molecule has 1 fully saturated rings. The maximum atomic E-state index is 12.3. The molecule has 0 saturated carbocycles. The summed E-state index contributed by atoms with van der Waals surface area (Å²) in [7, 11) is 1.85. The normalized spacial score (nSPS) is 15.4. The van der Waals surface area contributed by atoms with Crippen LogP contribution in [-0.2, 0) is 4.79 Å². The van der Waals surface area contributed by atoms with Gasteiger partial charge in [0.2, 0.25) is 11.6 Å². The molecule has 1 N–H and O–H groups in total. The number of likely N-dealkylation sites (N-methyl/N-ethyl adjacent to an activating group) is 1. The second-order valence-corrected chi connectivity index (χ2v) is 5.18. The second-order valence-electron chi connectivity index (χ2n) is 5.18. The average Bonchev–Trinajstić information content (AvgIpc) is 2.89. The fourth-order valence-electron chi connectivity index (χ4n) is 2.49. The number of piperazine rings is 1. The van der Waals surface area contributed by atoms with Gasteiger partial charge >= 0.3 is 0 Å². The van der Waals surface area contributed by atoms with Crippen molar-refractivity contribution in [3.8, 4) is 0 Å². The van der Waals surface area contributed by atoms with E-state index in [4.69, 9.17) is 0 Å². The monoisotopic (exact) mass is 289 g/mol. The summed E-state index contributed by atoms with van der Waals surface area (Å²) in [6, 6.07) is 0. The predicted octanol–water partition coefficient (Wildman–Crippen LogP) is -0.699. The Morgan fingerprint density at radius 1 is 1.38 bits per heavy atom. The second kappa shape index (κ2) is 5.65. The molecule has 0 unspecified atom stereocenters. The number of nitrogens with one attached hydrogen (secondary N) is 1. The summed E-state index contributed by atoms with van der Waals surface area (Å²) < 4.78 is 1.87. The lowest BCUT2D eigenvalue weighted by atomic mass is 10.3. The molecule has 8 heteroatoms. The van der Waals surface area contributed by atoms with Gasteiger partial charge in [0.15, 0.2) is 5.82 Å². The minimum Gasteiger partial charge on any atom is -0.347 e. The number of aryl methyl sites for hydroxylation is 1. The number of amides is 1. The summed E-state index contributed by atoms with van der Waals surface area (Å²) in [5.41, 5.74) is 0.672. The molecular formula is C13H19N7O. The van der Waals surface area contributed by atoms with Gasteiger partial charge in [0.05, 0.1) is 6.54 Å². The first-order chi connectivity index (χ1) is 10.2.